The van der Waals surface area contributed by atoms with E-state index in [-0.39, 0.29) is 5.03 Å². The van der Waals surface area contributed by atoms with Crippen LogP contribution in [0, 0.1) is 13.8 Å². The van der Waals surface area contributed by atoms with Crippen LogP contribution in [0.3, 0.4) is 0 Å². The number of aryl methyl sites for hydroxylation is 3. The van der Waals surface area contributed by atoms with E-state index in [2.05, 4.69) is 19.7 Å². The molecular formula is C12H18N6O2S. The van der Waals surface area contributed by atoms with Crippen LogP contribution >= 0.6 is 0 Å². The largest absolute Gasteiger partial charge is 0.347 e. The van der Waals surface area contributed by atoms with Crippen molar-refractivity contribution in [1.29, 1.82) is 0 Å². The van der Waals surface area contributed by atoms with Crippen molar-refractivity contribution >= 4 is 21.7 Å². The summed E-state index contributed by atoms with van der Waals surface area (Å²) in [4.78, 5) is 14.2. The Bertz CT molecular complexity index is 743. The molecule has 21 heavy (non-hydrogen) atoms. The van der Waals surface area contributed by atoms with Gasteiger partial charge in [-0.15, -0.1) is 0 Å². The molecule has 0 saturated carbocycles. The number of anilines is 2. The van der Waals surface area contributed by atoms with Gasteiger partial charge in [-0.2, -0.15) is 8.42 Å². The van der Waals surface area contributed by atoms with Crippen molar-refractivity contribution in [2.45, 2.75) is 18.9 Å². The molecule has 0 aliphatic carbocycles. The highest BCUT2D eigenvalue weighted by molar-refractivity contribution is 7.92. The van der Waals surface area contributed by atoms with Gasteiger partial charge in [0.15, 0.2) is 5.03 Å². The van der Waals surface area contributed by atoms with E-state index in [0.29, 0.717) is 23.0 Å². The Hall–Kier alpha value is -2.16. The fourth-order valence-electron chi connectivity index (χ4n) is 1.76. The van der Waals surface area contributed by atoms with Gasteiger partial charge in [-0.05, 0) is 13.8 Å². The zero-order valence-corrected chi connectivity index (χ0v) is 13.4. The van der Waals surface area contributed by atoms with Crippen molar-refractivity contribution < 1.29 is 8.42 Å². The molecule has 2 heterocycles. The van der Waals surface area contributed by atoms with Crippen molar-refractivity contribution in [3.63, 3.8) is 0 Å². The van der Waals surface area contributed by atoms with E-state index in [4.69, 9.17) is 0 Å². The maximum Gasteiger partial charge on any atom is 0.281 e. The molecule has 8 nitrogen and oxygen atoms in total. The monoisotopic (exact) mass is 310 g/mol. The highest BCUT2D eigenvalue weighted by atomic mass is 32.2. The summed E-state index contributed by atoms with van der Waals surface area (Å²) >= 11 is 0. The van der Waals surface area contributed by atoms with Gasteiger partial charge in [0.05, 0.1) is 23.4 Å². The summed E-state index contributed by atoms with van der Waals surface area (Å²) in [6, 6.07) is 0. The Balaban J connectivity index is 2.40. The minimum Gasteiger partial charge on any atom is -0.347 e. The third kappa shape index (κ3) is 3.13. The van der Waals surface area contributed by atoms with Gasteiger partial charge in [0.2, 0.25) is 5.95 Å². The number of hydrogen-bond donors (Lipinski definition) is 1. The van der Waals surface area contributed by atoms with Crippen molar-refractivity contribution in [2.24, 2.45) is 7.05 Å². The molecule has 0 spiro atoms. The van der Waals surface area contributed by atoms with Crippen molar-refractivity contribution in [3.8, 4) is 0 Å². The van der Waals surface area contributed by atoms with Gasteiger partial charge in [0, 0.05) is 27.3 Å². The Morgan fingerprint density at radius 1 is 1.19 bits per heavy atom. The third-order valence-electron chi connectivity index (χ3n) is 2.85. The zero-order valence-electron chi connectivity index (χ0n) is 12.6. The zero-order chi connectivity index (χ0) is 15.8. The van der Waals surface area contributed by atoms with E-state index < -0.39 is 10.0 Å². The smallest absolute Gasteiger partial charge is 0.281 e. The molecule has 1 N–H and O–H groups in total. The van der Waals surface area contributed by atoms with E-state index in [0.717, 1.165) is 0 Å². The molecule has 0 aliphatic heterocycles. The number of nitrogens with zero attached hydrogens (tertiary/aromatic N) is 5. The van der Waals surface area contributed by atoms with Crippen LogP contribution < -0.4 is 9.62 Å². The average Bonchev–Trinajstić information content (AvgIpc) is 2.81. The fourth-order valence-corrected chi connectivity index (χ4v) is 2.92. The van der Waals surface area contributed by atoms with Gasteiger partial charge in [-0.3, -0.25) is 4.72 Å². The Morgan fingerprint density at radius 3 is 2.19 bits per heavy atom. The van der Waals surface area contributed by atoms with Crippen molar-refractivity contribution in [3.05, 3.63) is 23.9 Å². The first-order chi connectivity index (χ1) is 9.70. The normalized spacial score (nSPS) is 11.5. The summed E-state index contributed by atoms with van der Waals surface area (Å²) in [5.74, 6) is 0.533. The summed E-state index contributed by atoms with van der Waals surface area (Å²) in [5, 5.41) is -0.0412. The first-order valence-electron chi connectivity index (χ1n) is 6.24. The lowest BCUT2D eigenvalue weighted by atomic mass is 10.3. The van der Waals surface area contributed by atoms with Crippen LogP contribution in [0.1, 0.15) is 11.4 Å². The van der Waals surface area contributed by atoms with Crippen LogP contribution in [0.25, 0.3) is 0 Å². The molecule has 0 aliphatic rings. The highest BCUT2D eigenvalue weighted by Gasteiger charge is 2.20. The number of hydrogen-bond acceptors (Lipinski definition) is 6. The van der Waals surface area contributed by atoms with Crippen LogP contribution in [-0.2, 0) is 17.1 Å². The number of sulfonamides is 1. The molecule has 9 heteroatoms. The second kappa shape index (κ2) is 5.32. The van der Waals surface area contributed by atoms with Crippen LogP contribution in [0.15, 0.2) is 17.6 Å². The molecule has 2 aromatic heterocycles. The molecule has 0 radical (unpaired) electrons. The molecule has 0 unspecified atom stereocenters. The van der Waals surface area contributed by atoms with Crippen LogP contribution in [-0.4, -0.2) is 42.0 Å². The number of imidazole rings is 1. The maximum absolute atomic E-state index is 12.3. The van der Waals surface area contributed by atoms with Gasteiger partial charge in [-0.25, -0.2) is 15.0 Å². The van der Waals surface area contributed by atoms with Gasteiger partial charge in [0.25, 0.3) is 10.0 Å². The molecule has 2 aromatic rings. The van der Waals surface area contributed by atoms with E-state index in [1.54, 1.807) is 30.4 Å². The fraction of sp³-hybridized carbons (Fsp3) is 0.417. The predicted molar refractivity (Wildman–Crippen MR) is 79.8 cm³/mol. The van der Waals surface area contributed by atoms with E-state index in [1.165, 1.54) is 12.5 Å². The molecular weight excluding hydrogens is 292 g/mol. The van der Waals surface area contributed by atoms with Crippen molar-refractivity contribution in [1.82, 2.24) is 19.5 Å². The number of rotatable bonds is 4. The summed E-state index contributed by atoms with van der Waals surface area (Å²) < 4.78 is 28.6. The minimum atomic E-state index is -3.75. The summed E-state index contributed by atoms with van der Waals surface area (Å²) in [7, 11) is 1.61. The second-order valence-electron chi connectivity index (χ2n) is 4.95. The highest BCUT2D eigenvalue weighted by Crippen LogP contribution is 2.22. The summed E-state index contributed by atoms with van der Waals surface area (Å²) in [5.41, 5.74) is 1.50. The predicted octanol–water partition coefficient (Wildman–Crippen LogP) is 0.694. The Kier molecular flexibility index (Phi) is 3.86. The second-order valence-corrected chi connectivity index (χ2v) is 6.58. The van der Waals surface area contributed by atoms with Gasteiger partial charge < -0.3 is 9.47 Å². The lowest BCUT2D eigenvalue weighted by Gasteiger charge is -2.15. The van der Waals surface area contributed by atoms with E-state index in [1.807, 2.05) is 14.1 Å². The standard InChI is InChI=1S/C12H18N6O2S/c1-8-11(9(2)15-12(14-8)17(3)4)16-21(19,20)10-6-18(5)7-13-10/h6-7,16H,1-5H3. The summed E-state index contributed by atoms with van der Waals surface area (Å²) in [6.07, 6.45) is 2.86. The lowest BCUT2D eigenvalue weighted by molar-refractivity contribution is 0.598. The topological polar surface area (TPSA) is 93.0 Å². The summed E-state index contributed by atoms with van der Waals surface area (Å²) in [6.45, 7) is 3.47. The first kappa shape index (κ1) is 15.2. The van der Waals surface area contributed by atoms with Gasteiger partial charge in [0.1, 0.15) is 0 Å². The quantitative estimate of drug-likeness (QED) is 0.893. The molecule has 0 atom stereocenters. The molecule has 0 bridgehead atoms. The van der Waals surface area contributed by atoms with Gasteiger partial charge >= 0.3 is 0 Å². The van der Waals surface area contributed by atoms with Crippen molar-refractivity contribution in [2.75, 3.05) is 23.7 Å². The third-order valence-corrected chi connectivity index (χ3v) is 4.09. The Labute approximate surface area is 123 Å². The lowest BCUT2D eigenvalue weighted by Crippen LogP contribution is -2.19. The molecule has 0 saturated heterocycles. The maximum atomic E-state index is 12.3. The van der Waals surface area contributed by atoms with Crippen LogP contribution in [0.5, 0.6) is 0 Å². The van der Waals surface area contributed by atoms with E-state index in [9.17, 15) is 8.42 Å². The minimum absolute atomic E-state index is 0.0412. The van der Waals surface area contributed by atoms with E-state index >= 15 is 0 Å². The molecule has 0 fully saturated rings. The number of nitrogens with one attached hydrogen (secondary N) is 1. The van der Waals surface area contributed by atoms with Crippen LogP contribution in [0.2, 0.25) is 0 Å². The van der Waals surface area contributed by atoms with Crippen LogP contribution in [0.4, 0.5) is 11.6 Å². The Morgan fingerprint density at radius 2 is 1.76 bits per heavy atom. The first-order valence-corrected chi connectivity index (χ1v) is 7.72. The SMILES string of the molecule is Cc1nc(N(C)C)nc(C)c1NS(=O)(=O)c1cn(C)cn1. The molecule has 0 amide bonds. The average molecular weight is 310 g/mol. The number of aromatic nitrogens is 4. The molecule has 0 aromatic carbocycles. The molecule has 114 valence electrons. The van der Waals surface area contributed by atoms with Gasteiger partial charge in [-0.1, -0.05) is 0 Å². The molecule has 2 rings (SSSR count).